The fourth-order valence-electron chi connectivity index (χ4n) is 3.71. The molecule has 2 aliphatic rings. The molecular formula is C20H28N2O3. The van der Waals surface area contributed by atoms with Gasteiger partial charge in [-0.25, -0.2) is 0 Å². The van der Waals surface area contributed by atoms with Crippen LogP contribution in [0.4, 0.5) is 0 Å². The van der Waals surface area contributed by atoms with Gasteiger partial charge in [0.25, 0.3) is 5.91 Å². The van der Waals surface area contributed by atoms with Crippen molar-refractivity contribution in [2.45, 2.75) is 44.1 Å². The zero-order valence-electron chi connectivity index (χ0n) is 15.0. The van der Waals surface area contributed by atoms with Gasteiger partial charge in [0.15, 0.2) is 0 Å². The van der Waals surface area contributed by atoms with E-state index in [4.69, 9.17) is 4.74 Å². The van der Waals surface area contributed by atoms with Gasteiger partial charge in [0.2, 0.25) is 5.91 Å². The van der Waals surface area contributed by atoms with Gasteiger partial charge in [-0.05, 0) is 44.2 Å². The summed E-state index contributed by atoms with van der Waals surface area (Å²) in [6.45, 7) is 2.04. The largest absolute Gasteiger partial charge is 0.385 e. The van der Waals surface area contributed by atoms with E-state index in [9.17, 15) is 9.59 Å². The lowest BCUT2D eigenvalue weighted by atomic mass is 9.81. The summed E-state index contributed by atoms with van der Waals surface area (Å²) in [7, 11) is 1.68. The zero-order chi connectivity index (χ0) is 17.7. The van der Waals surface area contributed by atoms with Crippen LogP contribution in [-0.2, 0) is 9.53 Å². The number of rotatable bonds is 6. The van der Waals surface area contributed by atoms with Gasteiger partial charge >= 0.3 is 0 Å². The zero-order valence-corrected chi connectivity index (χ0v) is 15.0. The molecule has 3 rings (SSSR count). The molecule has 0 spiro atoms. The minimum Gasteiger partial charge on any atom is -0.385 e. The highest BCUT2D eigenvalue weighted by Crippen LogP contribution is 2.32. The van der Waals surface area contributed by atoms with Crippen LogP contribution >= 0.6 is 0 Å². The number of nitrogens with one attached hydrogen (secondary N) is 1. The van der Waals surface area contributed by atoms with Crippen LogP contribution in [0.2, 0.25) is 0 Å². The van der Waals surface area contributed by atoms with Gasteiger partial charge in [-0.15, -0.1) is 0 Å². The average molecular weight is 344 g/mol. The van der Waals surface area contributed by atoms with Gasteiger partial charge in [-0.2, -0.15) is 0 Å². The number of hydrogen-bond acceptors (Lipinski definition) is 3. The highest BCUT2D eigenvalue weighted by atomic mass is 16.5. The van der Waals surface area contributed by atoms with Crippen molar-refractivity contribution in [2.75, 3.05) is 26.8 Å². The van der Waals surface area contributed by atoms with E-state index in [2.05, 4.69) is 5.32 Å². The molecule has 0 unspecified atom stereocenters. The normalized spacial score (nSPS) is 20.0. The van der Waals surface area contributed by atoms with Crippen LogP contribution in [-0.4, -0.2) is 49.1 Å². The highest BCUT2D eigenvalue weighted by Gasteiger charge is 2.39. The van der Waals surface area contributed by atoms with Crippen LogP contribution in [0.5, 0.6) is 0 Å². The molecule has 2 fully saturated rings. The van der Waals surface area contributed by atoms with Gasteiger partial charge in [0.05, 0.1) is 0 Å². The molecule has 0 radical (unpaired) electrons. The molecular weight excluding hydrogens is 316 g/mol. The van der Waals surface area contributed by atoms with Crippen LogP contribution in [0.1, 0.15) is 48.9 Å². The number of methoxy groups -OCH3 is 1. The topological polar surface area (TPSA) is 58.6 Å². The van der Waals surface area contributed by atoms with Crippen molar-refractivity contribution in [1.82, 2.24) is 10.2 Å². The predicted molar refractivity (Wildman–Crippen MR) is 96.3 cm³/mol. The Kier molecular flexibility index (Phi) is 5.74. The van der Waals surface area contributed by atoms with Crippen molar-refractivity contribution in [3.8, 4) is 0 Å². The maximum absolute atomic E-state index is 12.6. The third kappa shape index (κ3) is 4.21. The van der Waals surface area contributed by atoms with Crippen LogP contribution in [0.25, 0.3) is 0 Å². The lowest BCUT2D eigenvalue weighted by molar-refractivity contribution is -0.140. The Balaban J connectivity index is 1.63. The van der Waals surface area contributed by atoms with E-state index in [1.807, 2.05) is 35.2 Å². The fraction of sp³-hybridized carbons (Fsp3) is 0.600. The monoisotopic (exact) mass is 344 g/mol. The first-order valence-electron chi connectivity index (χ1n) is 9.29. The summed E-state index contributed by atoms with van der Waals surface area (Å²) in [6, 6.07) is 9.30. The minimum atomic E-state index is -0.292. The first kappa shape index (κ1) is 17.9. The SMILES string of the molecule is COCCC1(NC(=O)c2ccccc2)CCN(C(=O)C2CCC2)CC1. The number of amides is 2. The Bertz CT molecular complexity index is 590. The van der Waals surface area contributed by atoms with Crippen LogP contribution in [0.3, 0.4) is 0 Å². The van der Waals surface area contributed by atoms with E-state index in [-0.39, 0.29) is 17.4 Å². The first-order chi connectivity index (χ1) is 12.1. The van der Waals surface area contributed by atoms with E-state index in [1.54, 1.807) is 7.11 Å². The molecule has 0 aromatic heterocycles. The smallest absolute Gasteiger partial charge is 0.251 e. The highest BCUT2D eigenvalue weighted by molar-refractivity contribution is 5.94. The summed E-state index contributed by atoms with van der Waals surface area (Å²) >= 11 is 0. The van der Waals surface area contributed by atoms with E-state index in [1.165, 1.54) is 6.42 Å². The van der Waals surface area contributed by atoms with Gasteiger partial charge in [-0.1, -0.05) is 24.6 Å². The number of benzene rings is 1. The van der Waals surface area contributed by atoms with Crippen molar-refractivity contribution >= 4 is 11.8 Å². The number of carbonyl (C=O) groups excluding carboxylic acids is 2. The molecule has 1 N–H and O–H groups in total. The maximum atomic E-state index is 12.6. The lowest BCUT2D eigenvalue weighted by Gasteiger charge is -2.44. The van der Waals surface area contributed by atoms with Gasteiger partial charge < -0.3 is 15.0 Å². The summed E-state index contributed by atoms with van der Waals surface area (Å²) in [5.41, 5.74) is 0.381. The Labute approximate surface area is 149 Å². The number of piperidine rings is 1. The number of hydrogen-bond donors (Lipinski definition) is 1. The van der Waals surface area contributed by atoms with Gasteiger partial charge in [-0.3, -0.25) is 9.59 Å². The van der Waals surface area contributed by atoms with Crippen molar-refractivity contribution in [2.24, 2.45) is 5.92 Å². The maximum Gasteiger partial charge on any atom is 0.251 e. The fourth-order valence-corrected chi connectivity index (χ4v) is 3.71. The number of nitrogens with zero attached hydrogens (tertiary/aromatic N) is 1. The molecule has 0 bridgehead atoms. The molecule has 0 atom stereocenters. The molecule has 1 saturated heterocycles. The van der Waals surface area contributed by atoms with E-state index in [0.29, 0.717) is 31.2 Å². The third-order valence-electron chi connectivity index (χ3n) is 5.69. The van der Waals surface area contributed by atoms with Gasteiger partial charge in [0, 0.05) is 43.8 Å². The second kappa shape index (κ2) is 8.00. The molecule has 2 amide bonds. The van der Waals surface area contributed by atoms with Crippen molar-refractivity contribution in [3.05, 3.63) is 35.9 Å². The van der Waals surface area contributed by atoms with E-state index < -0.39 is 0 Å². The van der Waals surface area contributed by atoms with Crippen molar-refractivity contribution in [1.29, 1.82) is 0 Å². The molecule has 1 aliphatic carbocycles. The Morgan fingerprint density at radius 1 is 1.20 bits per heavy atom. The number of likely N-dealkylation sites (tertiary alicyclic amines) is 1. The summed E-state index contributed by atoms with van der Waals surface area (Å²) in [4.78, 5) is 27.1. The Morgan fingerprint density at radius 3 is 2.44 bits per heavy atom. The van der Waals surface area contributed by atoms with E-state index in [0.717, 1.165) is 32.1 Å². The molecule has 1 aromatic rings. The number of ether oxygens (including phenoxy) is 1. The molecule has 1 saturated carbocycles. The van der Waals surface area contributed by atoms with Crippen LogP contribution in [0, 0.1) is 5.92 Å². The summed E-state index contributed by atoms with van der Waals surface area (Å²) in [6.07, 6.45) is 5.59. The van der Waals surface area contributed by atoms with Gasteiger partial charge in [0.1, 0.15) is 0 Å². The third-order valence-corrected chi connectivity index (χ3v) is 5.69. The van der Waals surface area contributed by atoms with Crippen LogP contribution in [0.15, 0.2) is 30.3 Å². The molecule has 1 aliphatic heterocycles. The number of carbonyl (C=O) groups is 2. The quantitative estimate of drug-likeness (QED) is 0.863. The molecule has 1 aromatic carbocycles. The summed E-state index contributed by atoms with van der Waals surface area (Å²) < 4.78 is 5.26. The standard InChI is InChI=1S/C20H28N2O3/c1-25-15-12-20(21-18(23)16-6-3-2-4-7-16)10-13-22(14-11-20)19(24)17-8-5-9-17/h2-4,6-7,17H,5,8-15H2,1H3,(H,21,23). The summed E-state index contributed by atoms with van der Waals surface area (Å²) in [5.74, 6) is 0.502. The predicted octanol–water partition coefficient (Wildman–Crippen LogP) is 2.61. The molecule has 5 heteroatoms. The second-order valence-electron chi connectivity index (χ2n) is 7.30. The van der Waals surface area contributed by atoms with Crippen LogP contribution < -0.4 is 5.32 Å². The molecule has 136 valence electrons. The molecule has 5 nitrogen and oxygen atoms in total. The first-order valence-corrected chi connectivity index (χ1v) is 9.29. The molecule has 25 heavy (non-hydrogen) atoms. The molecule has 1 heterocycles. The lowest BCUT2D eigenvalue weighted by Crippen LogP contribution is -2.57. The second-order valence-corrected chi connectivity index (χ2v) is 7.30. The van der Waals surface area contributed by atoms with Crippen molar-refractivity contribution < 1.29 is 14.3 Å². The average Bonchev–Trinajstić information content (AvgIpc) is 2.60. The Hall–Kier alpha value is -1.88. The minimum absolute atomic E-state index is 0.0459. The summed E-state index contributed by atoms with van der Waals surface area (Å²) in [5, 5.41) is 3.24. The van der Waals surface area contributed by atoms with E-state index >= 15 is 0 Å². The Morgan fingerprint density at radius 2 is 1.88 bits per heavy atom. The van der Waals surface area contributed by atoms with Crippen molar-refractivity contribution in [3.63, 3.8) is 0 Å².